The summed E-state index contributed by atoms with van der Waals surface area (Å²) >= 11 is 8.48. The smallest absolute Gasteiger partial charge is 0.266 e. The molecule has 0 spiro atoms. The molecule has 0 aliphatic heterocycles. The van der Waals surface area contributed by atoms with Gasteiger partial charge in [0.25, 0.3) is 5.91 Å². The first kappa shape index (κ1) is 24.2. The average molecular weight is 597 g/mol. The number of ether oxygens (including phenoxy) is 1. The number of anilines is 1. The Kier molecular flexibility index (Phi) is 7.84. The monoisotopic (exact) mass is 595 g/mol. The molecule has 5 nitrogen and oxygen atoms in total. The van der Waals surface area contributed by atoms with Crippen LogP contribution in [0.5, 0.6) is 5.75 Å². The van der Waals surface area contributed by atoms with Gasteiger partial charge >= 0.3 is 0 Å². The predicted molar refractivity (Wildman–Crippen MR) is 141 cm³/mol. The minimum atomic E-state index is -0.533. The molecule has 0 unspecified atom stereocenters. The van der Waals surface area contributed by atoms with Crippen LogP contribution >= 0.6 is 43.2 Å². The van der Waals surface area contributed by atoms with Gasteiger partial charge in [-0.2, -0.15) is 10.5 Å². The molecule has 1 aliphatic carbocycles. The number of hydrogen-bond acceptors (Lipinski definition) is 5. The number of carbonyl (C=O) groups is 1. The number of thiophene rings is 1. The molecule has 170 valence electrons. The second kappa shape index (κ2) is 11.0. The van der Waals surface area contributed by atoms with Gasteiger partial charge in [0.05, 0.1) is 14.5 Å². The van der Waals surface area contributed by atoms with Crippen LogP contribution in [0.3, 0.4) is 0 Å². The number of fused-ring (bicyclic) bond motifs is 1. The van der Waals surface area contributed by atoms with E-state index in [1.165, 1.54) is 17.4 Å². The maximum Gasteiger partial charge on any atom is 0.266 e. The molecular weight excluding hydrogens is 578 g/mol. The lowest BCUT2D eigenvalue weighted by Crippen LogP contribution is -2.13. The summed E-state index contributed by atoms with van der Waals surface area (Å²) in [7, 11) is 0. The summed E-state index contributed by atoms with van der Waals surface area (Å²) in [5, 5.41) is 22.6. The second-order valence-corrected chi connectivity index (χ2v) is 10.6. The number of rotatable bonds is 6. The van der Waals surface area contributed by atoms with E-state index >= 15 is 0 Å². The number of carbonyl (C=O) groups excluding carboxylic acids is 1. The SMILES string of the molecule is N#C/C(=C\c1cc(Br)c(OCc2ccccc2)c(Br)c1)C(=O)Nc1sc2c(c1C#N)CCCC2. The molecule has 0 saturated carbocycles. The topological polar surface area (TPSA) is 85.9 Å². The number of nitrogens with zero attached hydrogens (tertiary/aromatic N) is 2. The number of halogens is 2. The van der Waals surface area contributed by atoms with Crippen LogP contribution in [0.4, 0.5) is 5.00 Å². The average Bonchev–Trinajstić information content (AvgIpc) is 3.19. The maximum atomic E-state index is 12.9. The van der Waals surface area contributed by atoms with Crippen LogP contribution in [0.2, 0.25) is 0 Å². The van der Waals surface area contributed by atoms with Crippen molar-refractivity contribution in [3.8, 4) is 17.9 Å². The van der Waals surface area contributed by atoms with Crippen molar-refractivity contribution in [3.63, 3.8) is 0 Å². The molecule has 1 heterocycles. The number of nitrogens with one attached hydrogen (secondary N) is 1. The normalized spacial score (nSPS) is 12.9. The molecule has 4 rings (SSSR count). The third-order valence-corrected chi connectivity index (χ3v) is 7.82. The van der Waals surface area contributed by atoms with Gasteiger partial charge in [0, 0.05) is 4.88 Å². The summed E-state index contributed by atoms with van der Waals surface area (Å²) in [6.07, 6.45) is 5.43. The number of benzene rings is 2. The zero-order valence-electron chi connectivity index (χ0n) is 18.0. The highest BCUT2D eigenvalue weighted by molar-refractivity contribution is 9.11. The van der Waals surface area contributed by atoms with Crippen LogP contribution < -0.4 is 10.1 Å². The van der Waals surface area contributed by atoms with Gasteiger partial charge in [-0.05, 0) is 92.4 Å². The molecule has 0 atom stereocenters. The summed E-state index contributed by atoms with van der Waals surface area (Å²) in [5.41, 5.74) is 3.21. The van der Waals surface area contributed by atoms with Crippen LogP contribution in [0.1, 0.15) is 40.0 Å². The van der Waals surface area contributed by atoms with Gasteiger partial charge in [0.2, 0.25) is 0 Å². The summed E-state index contributed by atoms with van der Waals surface area (Å²) in [4.78, 5) is 14.0. The van der Waals surface area contributed by atoms with Crippen LogP contribution in [0.15, 0.2) is 57.0 Å². The summed E-state index contributed by atoms with van der Waals surface area (Å²) in [6, 6.07) is 17.6. The molecule has 0 saturated heterocycles. The minimum Gasteiger partial charge on any atom is -0.487 e. The van der Waals surface area contributed by atoms with Crippen molar-refractivity contribution in [1.82, 2.24) is 0 Å². The maximum absolute atomic E-state index is 12.9. The van der Waals surface area contributed by atoms with Gasteiger partial charge in [0.1, 0.15) is 35.1 Å². The first-order valence-electron chi connectivity index (χ1n) is 10.6. The highest BCUT2D eigenvalue weighted by atomic mass is 79.9. The van der Waals surface area contributed by atoms with Gasteiger partial charge < -0.3 is 10.1 Å². The predicted octanol–water partition coefficient (Wildman–Crippen LogP) is 7.15. The third-order valence-electron chi connectivity index (χ3n) is 5.43. The largest absolute Gasteiger partial charge is 0.487 e. The standard InChI is InChI=1S/C26H19Br2N3O2S/c27-21-11-17(12-22(28)24(21)33-15-16-6-2-1-3-7-16)10-18(13-29)25(32)31-26-20(14-30)19-8-4-5-9-23(19)34-26/h1-3,6-7,10-12H,4-5,8-9,15H2,(H,31,32)/b18-10+. The van der Waals surface area contributed by atoms with E-state index in [1.807, 2.05) is 36.4 Å². The Morgan fingerprint density at radius 2 is 1.82 bits per heavy atom. The highest BCUT2D eigenvalue weighted by Crippen LogP contribution is 2.38. The fraction of sp³-hybridized carbons (Fsp3) is 0.192. The highest BCUT2D eigenvalue weighted by Gasteiger charge is 2.23. The van der Waals surface area contributed by atoms with Crippen molar-refractivity contribution in [3.05, 3.63) is 84.1 Å². The summed E-state index contributed by atoms with van der Waals surface area (Å²) in [5.74, 6) is 0.0982. The zero-order chi connectivity index (χ0) is 24.1. The minimum absolute atomic E-state index is 0.0491. The van der Waals surface area contributed by atoms with Crippen molar-refractivity contribution < 1.29 is 9.53 Å². The quantitative estimate of drug-likeness (QED) is 0.242. The Bertz CT molecular complexity index is 1330. The molecule has 1 N–H and O–H groups in total. The second-order valence-electron chi connectivity index (χ2n) is 7.74. The Morgan fingerprint density at radius 3 is 2.50 bits per heavy atom. The van der Waals surface area contributed by atoms with E-state index < -0.39 is 5.91 Å². The molecule has 2 aromatic carbocycles. The van der Waals surface area contributed by atoms with Crippen LogP contribution in [-0.2, 0) is 24.2 Å². The van der Waals surface area contributed by atoms with E-state index in [0.29, 0.717) is 37.4 Å². The molecule has 0 bridgehead atoms. The van der Waals surface area contributed by atoms with Crippen LogP contribution in [0.25, 0.3) is 6.08 Å². The molecule has 1 aromatic heterocycles. The zero-order valence-corrected chi connectivity index (χ0v) is 22.0. The first-order chi connectivity index (χ1) is 16.5. The molecular formula is C26H19Br2N3O2S. The van der Waals surface area contributed by atoms with E-state index in [4.69, 9.17) is 4.74 Å². The molecule has 0 fully saturated rings. The van der Waals surface area contributed by atoms with Gasteiger partial charge in [-0.3, -0.25) is 4.79 Å². The number of aryl methyl sites for hydroxylation is 1. The van der Waals surface area contributed by atoms with Gasteiger partial charge in [0.15, 0.2) is 0 Å². The van der Waals surface area contributed by atoms with Crippen LogP contribution in [0, 0.1) is 22.7 Å². The Hall–Kier alpha value is -2.91. The molecule has 1 amide bonds. The van der Waals surface area contributed by atoms with E-state index in [1.54, 1.807) is 12.1 Å². The molecule has 0 radical (unpaired) electrons. The lowest BCUT2D eigenvalue weighted by Gasteiger charge is -2.12. The number of nitriles is 2. The molecule has 1 aliphatic rings. The Morgan fingerprint density at radius 1 is 1.12 bits per heavy atom. The first-order valence-corrected chi connectivity index (χ1v) is 13.0. The Balaban J connectivity index is 1.53. The van der Waals surface area contributed by atoms with Gasteiger partial charge in [-0.25, -0.2) is 0 Å². The van der Waals surface area contributed by atoms with E-state index in [9.17, 15) is 15.3 Å². The number of hydrogen-bond donors (Lipinski definition) is 1. The van der Waals surface area contributed by atoms with E-state index in [-0.39, 0.29) is 5.57 Å². The summed E-state index contributed by atoms with van der Waals surface area (Å²) < 4.78 is 7.33. The van der Waals surface area contributed by atoms with E-state index in [0.717, 1.165) is 41.7 Å². The lowest BCUT2D eigenvalue weighted by molar-refractivity contribution is -0.112. The van der Waals surface area contributed by atoms with Crippen molar-refractivity contribution in [1.29, 1.82) is 10.5 Å². The van der Waals surface area contributed by atoms with Gasteiger partial charge in [-0.1, -0.05) is 30.3 Å². The Labute approximate surface area is 218 Å². The lowest BCUT2D eigenvalue weighted by atomic mass is 9.96. The van der Waals surface area contributed by atoms with Crippen molar-refractivity contribution in [2.45, 2.75) is 32.3 Å². The fourth-order valence-electron chi connectivity index (χ4n) is 3.79. The summed E-state index contributed by atoms with van der Waals surface area (Å²) in [6.45, 7) is 0.408. The molecule has 34 heavy (non-hydrogen) atoms. The van der Waals surface area contributed by atoms with Crippen molar-refractivity contribution in [2.24, 2.45) is 0 Å². The van der Waals surface area contributed by atoms with E-state index in [2.05, 4.69) is 43.2 Å². The third kappa shape index (κ3) is 5.42. The van der Waals surface area contributed by atoms with Crippen molar-refractivity contribution in [2.75, 3.05) is 5.32 Å². The fourth-order valence-corrected chi connectivity index (χ4v) is 6.47. The van der Waals surface area contributed by atoms with Gasteiger partial charge in [-0.15, -0.1) is 11.3 Å². The molecule has 3 aromatic rings. The van der Waals surface area contributed by atoms with Crippen molar-refractivity contribution >= 4 is 60.2 Å². The molecule has 8 heteroatoms. The number of amides is 1. The van der Waals surface area contributed by atoms with Crippen LogP contribution in [-0.4, -0.2) is 5.91 Å².